The molecule has 1 saturated carbocycles. The van der Waals surface area contributed by atoms with Crippen molar-refractivity contribution in [2.24, 2.45) is 35.5 Å². The summed E-state index contributed by atoms with van der Waals surface area (Å²) in [6, 6.07) is 0. The molecular formula is C19H47P. The van der Waals surface area contributed by atoms with Crippen LogP contribution in [0.25, 0.3) is 0 Å². The molecule has 7 atom stereocenters. The van der Waals surface area contributed by atoms with Gasteiger partial charge in [0.05, 0.1) is 0 Å². The first-order valence-corrected chi connectivity index (χ1v) is 8.54. The van der Waals surface area contributed by atoms with Gasteiger partial charge >= 0.3 is 0 Å². The summed E-state index contributed by atoms with van der Waals surface area (Å²) < 4.78 is 0. The van der Waals surface area contributed by atoms with Crippen LogP contribution in [0.1, 0.15) is 89.5 Å². The Morgan fingerprint density at radius 2 is 1.20 bits per heavy atom. The lowest BCUT2D eigenvalue weighted by atomic mass is 9.78. The highest BCUT2D eigenvalue weighted by Gasteiger charge is 2.44. The Bertz CT molecular complexity index is 179. The van der Waals surface area contributed by atoms with Gasteiger partial charge in [0, 0.05) is 0 Å². The van der Waals surface area contributed by atoms with Crippen molar-refractivity contribution in [2.75, 3.05) is 0 Å². The van der Waals surface area contributed by atoms with Crippen molar-refractivity contribution in [2.45, 2.75) is 89.5 Å². The lowest BCUT2D eigenvalue weighted by Crippen LogP contribution is -2.21. The van der Waals surface area contributed by atoms with Crippen molar-refractivity contribution in [3.8, 4) is 0 Å². The van der Waals surface area contributed by atoms with Crippen molar-refractivity contribution in [3.63, 3.8) is 0 Å². The number of hydrogen-bond donors (Lipinski definition) is 0. The minimum atomic E-state index is 0. The minimum absolute atomic E-state index is 0. The fourth-order valence-corrected chi connectivity index (χ4v) is 4.04. The van der Waals surface area contributed by atoms with Gasteiger partial charge in [-0.25, -0.2) is 0 Å². The molecule has 1 rings (SSSR count). The van der Waals surface area contributed by atoms with E-state index in [9.17, 15) is 0 Å². The summed E-state index contributed by atoms with van der Waals surface area (Å²) in [7, 11) is 0. The average molecular weight is 307 g/mol. The van der Waals surface area contributed by atoms with Crippen molar-refractivity contribution >= 4 is 9.90 Å². The molecule has 7 unspecified atom stereocenters. The third-order valence-electron chi connectivity index (χ3n) is 5.17. The summed E-state index contributed by atoms with van der Waals surface area (Å²) in [6.07, 6.45) is 2.72. The van der Waals surface area contributed by atoms with Crippen LogP contribution in [-0.2, 0) is 0 Å². The molecule has 0 spiro atoms. The molecule has 0 aromatic rings. The molecule has 0 bridgehead atoms. The van der Waals surface area contributed by atoms with Crippen LogP contribution in [0.5, 0.6) is 0 Å². The molecule has 20 heavy (non-hydrogen) atoms. The minimum Gasteiger partial charge on any atom is -0.153 e. The molecule has 1 aliphatic rings. The highest BCUT2D eigenvalue weighted by Crippen LogP contribution is 2.50. The molecule has 0 heterocycles. The monoisotopic (exact) mass is 306 g/mol. The fourth-order valence-electron chi connectivity index (χ4n) is 4.04. The maximum Gasteiger partial charge on any atom is -0.0332 e. The summed E-state index contributed by atoms with van der Waals surface area (Å²) in [6.45, 7) is 22.6. The molecule has 0 aromatic heterocycles. The van der Waals surface area contributed by atoms with Gasteiger partial charge in [-0.15, -0.1) is 0 Å². The number of hydrogen-bond acceptors (Lipinski definition) is 0. The second kappa shape index (κ2) is 15.8. The standard InChI is InChI=1S/C14H28.2C2H6.CH4.H3P/c1-7-9(3)14-11(5)10(4)13(8-2)12(14)6;2*1-2;;/h9-14H,7-8H2,1-6H3;2*1-2H3;1H4;1H3. The smallest absolute Gasteiger partial charge is 0.0332 e. The molecule has 0 N–H and O–H groups in total. The molecule has 128 valence electrons. The second-order valence-corrected chi connectivity index (χ2v) is 5.61. The van der Waals surface area contributed by atoms with E-state index in [2.05, 4.69) is 41.5 Å². The van der Waals surface area contributed by atoms with E-state index < -0.39 is 0 Å². The molecule has 0 saturated heterocycles. The largest absolute Gasteiger partial charge is 0.153 e. The van der Waals surface area contributed by atoms with Crippen LogP contribution in [-0.4, -0.2) is 0 Å². The van der Waals surface area contributed by atoms with E-state index in [4.69, 9.17) is 0 Å². The average Bonchev–Trinajstić information content (AvgIpc) is 2.64. The van der Waals surface area contributed by atoms with Crippen molar-refractivity contribution in [1.82, 2.24) is 0 Å². The summed E-state index contributed by atoms with van der Waals surface area (Å²) >= 11 is 0. The van der Waals surface area contributed by atoms with E-state index in [-0.39, 0.29) is 17.3 Å². The van der Waals surface area contributed by atoms with Crippen LogP contribution < -0.4 is 0 Å². The van der Waals surface area contributed by atoms with Crippen LogP contribution in [0.15, 0.2) is 0 Å². The van der Waals surface area contributed by atoms with Gasteiger partial charge in [-0.3, -0.25) is 0 Å². The SMILES string of the molecule is C.CC.CC.CCC(C)C1C(C)C(C)C(CC)C1C.P. The Hall–Kier alpha value is 0.430. The van der Waals surface area contributed by atoms with Crippen LogP contribution in [0, 0.1) is 35.5 Å². The first kappa shape index (κ1) is 28.6. The van der Waals surface area contributed by atoms with Crippen LogP contribution in [0.2, 0.25) is 0 Å². The Labute approximate surface area is 135 Å². The topological polar surface area (TPSA) is 0 Å². The highest BCUT2D eigenvalue weighted by atomic mass is 31.0. The van der Waals surface area contributed by atoms with E-state index in [1.807, 2.05) is 27.7 Å². The van der Waals surface area contributed by atoms with Crippen LogP contribution in [0.4, 0.5) is 0 Å². The summed E-state index contributed by atoms with van der Waals surface area (Å²) in [4.78, 5) is 0. The van der Waals surface area contributed by atoms with E-state index >= 15 is 0 Å². The predicted molar refractivity (Wildman–Crippen MR) is 105 cm³/mol. The van der Waals surface area contributed by atoms with E-state index in [0.717, 1.165) is 35.5 Å². The van der Waals surface area contributed by atoms with Crippen LogP contribution >= 0.6 is 9.90 Å². The summed E-state index contributed by atoms with van der Waals surface area (Å²) in [5.74, 6) is 5.68. The third-order valence-corrected chi connectivity index (χ3v) is 5.17. The molecule has 0 radical (unpaired) electrons. The van der Waals surface area contributed by atoms with E-state index in [1.54, 1.807) is 0 Å². The van der Waals surface area contributed by atoms with Crippen molar-refractivity contribution in [1.29, 1.82) is 0 Å². The molecule has 0 amide bonds. The maximum absolute atomic E-state index is 2.49. The summed E-state index contributed by atoms with van der Waals surface area (Å²) in [5.41, 5.74) is 0. The molecule has 1 aliphatic carbocycles. The van der Waals surface area contributed by atoms with Gasteiger partial charge < -0.3 is 0 Å². The zero-order chi connectivity index (χ0) is 14.9. The number of rotatable bonds is 3. The van der Waals surface area contributed by atoms with Gasteiger partial charge in [0.15, 0.2) is 0 Å². The Morgan fingerprint density at radius 1 is 0.800 bits per heavy atom. The predicted octanol–water partition coefficient (Wildman–Crippen LogP) is 7.34. The van der Waals surface area contributed by atoms with Gasteiger partial charge in [-0.05, 0) is 35.5 Å². The fraction of sp³-hybridized carbons (Fsp3) is 1.00. The van der Waals surface area contributed by atoms with Crippen molar-refractivity contribution in [3.05, 3.63) is 0 Å². The third kappa shape index (κ3) is 6.93. The Balaban J connectivity index is -0.000000196. The van der Waals surface area contributed by atoms with Gasteiger partial charge in [-0.1, -0.05) is 89.5 Å². The van der Waals surface area contributed by atoms with Gasteiger partial charge in [-0.2, -0.15) is 9.90 Å². The zero-order valence-corrected chi connectivity index (χ0v) is 17.0. The second-order valence-electron chi connectivity index (χ2n) is 5.61. The normalized spacial score (nSPS) is 32.4. The van der Waals surface area contributed by atoms with Gasteiger partial charge in [0.1, 0.15) is 0 Å². The first-order valence-electron chi connectivity index (χ1n) is 8.54. The quantitative estimate of drug-likeness (QED) is 0.478. The van der Waals surface area contributed by atoms with Gasteiger partial charge in [0.25, 0.3) is 0 Å². The summed E-state index contributed by atoms with van der Waals surface area (Å²) in [5, 5.41) is 0. The van der Waals surface area contributed by atoms with E-state index in [0.29, 0.717) is 0 Å². The van der Waals surface area contributed by atoms with E-state index in [1.165, 1.54) is 12.8 Å². The molecule has 1 fully saturated rings. The first-order chi connectivity index (χ1) is 8.54. The Morgan fingerprint density at radius 3 is 1.45 bits per heavy atom. The van der Waals surface area contributed by atoms with Crippen LogP contribution in [0.3, 0.4) is 0 Å². The van der Waals surface area contributed by atoms with Gasteiger partial charge in [0.2, 0.25) is 0 Å². The van der Waals surface area contributed by atoms with Crippen molar-refractivity contribution < 1.29 is 0 Å². The maximum atomic E-state index is 2.49. The Kier molecular flexibility index (Phi) is 22.6. The molecule has 0 aromatic carbocycles. The molecule has 1 heteroatoms. The lowest BCUT2D eigenvalue weighted by molar-refractivity contribution is 0.215. The molecule has 0 nitrogen and oxygen atoms in total. The molecular weight excluding hydrogens is 259 g/mol. The molecule has 0 aliphatic heterocycles. The lowest BCUT2D eigenvalue weighted by Gasteiger charge is -2.27. The zero-order valence-electron chi connectivity index (χ0n) is 15.6. The highest BCUT2D eigenvalue weighted by molar-refractivity contribution is 6.92.